The first-order chi connectivity index (χ1) is 18.1. The molecule has 0 aliphatic carbocycles. The van der Waals surface area contributed by atoms with Crippen LogP contribution in [0.4, 0.5) is 11.4 Å². The normalized spacial score (nSPS) is 10.9. The number of hydrogen-bond donors (Lipinski definition) is 2. The van der Waals surface area contributed by atoms with Gasteiger partial charge in [0.25, 0.3) is 11.8 Å². The molecule has 0 saturated carbocycles. The largest absolute Gasteiger partial charge is 0.490 e. The Kier molecular flexibility index (Phi) is 9.69. The van der Waals surface area contributed by atoms with Crippen LogP contribution >= 0.6 is 15.9 Å². The SMILES string of the molecule is CCOc1cc(/C=C(/C#N)C(=O)Nc2cccc(C)c2C)cc(Br)c1OCC(=O)Nc1ccc(C)c(C)c1. The van der Waals surface area contributed by atoms with Crippen LogP contribution in [0.2, 0.25) is 0 Å². The van der Waals surface area contributed by atoms with Crippen molar-refractivity contribution in [1.82, 2.24) is 0 Å². The molecule has 0 spiro atoms. The highest BCUT2D eigenvalue weighted by Crippen LogP contribution is 2.37. The van der Waals surface area contributed by atoms with Crippen molar-refractivity contribution in [2.24, 2.45) is 0 Å². The summed E-state index contributed by atoms with van der Waals surface area (Å²) in [5.74, 6) is -0.114. The third-order valence-corrected chi connectivity index (χ3v) is 6.59. The molecule has 196 valence electrons. The molecule has 38 heavy (non-hydrogen) atoms. The fourth-order valence-electron chi connectivity index (χ4n) is 3.62. The number of amides is 2. The number of anilines is 2. The summed E-state index contributed by atoms with van der Waals surface area (Å²) < 4.78 is 12.1. The summed E-state index contributed by atoms with van der Waals surface area (Å²) in [5, 5.41) is 15.3. The molecule has 0 radical (unpaired) electrons. The Balaban J connectivity index is 1.78. The number of nitrogens with zero attached hydrogens (tertiary/aromatic N) is 1. The van der Waals surface area contributed by atoms with Crippen LogP contribution in [-0.2, 0) is 9.59 Å². The van der Waals surface area contributed by atoms with E-state index in [2.05, 4.69) is 26.6 Å². The summed E-state index contributed by atoms with van der Waals surface area (Å²) in [6, 6.07) is 16.6. The maximum Gasteiger partial charge on any atom is 0.266 e. The molecular weight excluding hydrogens is 546 g/mol. The molecule has 0 heterocycles. The molecule has 2 amide bonds. The van der Waals surface area contributed by atoms with Crippen molar-refractivity contribution in [3.63, 3.8) is 0 Å². The van der Waals surface area contributed by atoms with Crippen LogP contribution in [-0.4, -0.2) is 25.0 Å². The Morgan fingerprint density at radius 1 is 0.974 bits per heavy atom. The molecule has 0 fully saturated rings. The van der Waals surface area contributed by atoms with Gasteiger partial charge in [-0.1, -0.05) is 18.2 Å². The molecule has 0 atom stereocenters. The van der Waals surface area contributed by atoms with Gasteiger partial charge in [-0.15, -0.1) is 0 Å². The number of carbonyl (C=O) groups is 2. The van der Waals surface area contributed by atoms with E-state index in [0.29, 0.717) is 39.5 Å². The third-order valence-electron chi connectivity index (χ3n) is 6.00. The summed E-state index contributed by atoms with van der Waals surface area (Å²) in [6.07, 6.45) is 1.48. The van der Waals surface area contributed by atoms with E-state index in [1.165, 1.54) is 6.08 Å². The van der Waals surface area contributed by atoms with Gasteiger partial charge in [-0.25, -0.2) is 0 Å². The first-order valence-corrected chi connectivity index (χ1v) is 12.9. The third kappa shape index (κ3) is 7.24. The van der Waals surface area contributed by atoms with Gasteiger partial charge in [-0.3, -0.25) is 9.59 Å². The number of ether oxygens (including phenoxy) is 2. The maximum absolute atomic E-state index is 12.8. The zero-order chi connectivity index (χ0) is 27.8. The molecule has 0 aromatic heterocycles. The van der Waals surface area contributed by atoms with Crippen molar-refractivity contribution in [2.75, 3.05) is 23.8 Å². The zero-order valence-electron chi connectivity index (χ0n) is 22.1. The van der Waals surface area contributed by atoms with E-state index < -0.39 is 5.91 Å². The van der Waals surface area contributed by atoms with Crippen LogP contribution in [0.1, 0.15) is 34.7 Å². The van der Waals surface area contributed by atoms with Crippen molar-refractivity contribution < 1.29 is 19.1 Å². The van der Waals surface area contributed by atoms with Crippen molar-refractivity contribution in [3.05, 3.63) is 86.4 Å². The minimum Gasteiger partial charge on any atom is -0.490 e. The molecular formula is C30H30BrN3O4. The van der Waals surface area contributed by atoms with E-state index in [-0.39, 0.29) is 18.1 Å². The Labute approximate surface area is 231 Å². The second-order valence-electron chi connectivity index (χ2n) is 8.77. The molecule has 0 saturated heterocycles. The van der Waals surface area contributed by atoms with E-state index in [4.69, 9.17) is 9.47 Å². The summed E-state index contributed by atoms with van der Waals surface area (Å²) in [7, 11) is 0. The standard InChI is InChI=1S/C30H30BrN3O4/c1-6-37-27-15-22(13-23(16-32)30(36)34-26-9-7-8-19(3)21(26)5)14-25(31)29(27)38-17-28(35)33-24-11-10-18(2)20(4)12-24/h7-15H,6,17H2,1-5H3,(H,33,35)(H,34,36)/b23-13-. The van der Waals surface area contributed by atoms with Gasteiger partial charge in [0.15, 0.2) is 18.1 Å². The van der Waals surface area contributed by atoms with Crippen LogP contribution in [0.25, 0.3) is 6.08 Å². The van der Waals surface area contributed by atoms with Crippen molar-refractivity contribution in [2.45, 2.75) is 34.6 Å². The van der Waals surface area contributed by atoms with Gasteiger partial charge < -0.3 is 20.1 Å². The second-order valence-corrected chi connectivity index (χ2v) is 9.62. The van der Waals surface area contributed by atoms with Crippen molar-refractivity contribution >= 4 is 45.2 Å². The number of rotatable bonds is 9. The molecule has 3 rings (SSSR count). The molecule has 3 aromatic rings. The average Bonchev–Trinajstić information content (AvgIpc) is 2.87. The van der Waals surface area contributed by atoms with Gasteiger partial charge in [0.1, 0.15) is 11.6 Å². The minimum absolute atomic E-state index is 0.0679. The zero-order valence-corrected chi connectivity index (χ0v) is 23.7. The second kappa shape index (κ2) is 12.9. The predicted molar refractivity (Wildman–Crippen MR) is 153 cm³/mol. The smallest absolute Gasteiger partial charge is 0.266 e. The van der Waals surface area contributed by atoms with Gasteiger partial charge >= 0.3 is 0 Å². The quantitative estimate of drug-likeness (QED) is 0.220. The summed E-state index contributed by atoms with van der Waals surface area (Å²) in [6.45, 7) is 9.79. The molecule has 0 bridgehead atoms. The van der Waals surface area contributed by atoms with Crippen molar-refractivity contribution in [3.8, 4) is 17.6 Å². The topological polar surface area (TPSA) is 100 Å². The first-order valence-electron chi connectivity index (χ1n) is 12.1. The lowest BCUT2D eigenvalue weighted by Crippen LogP contribution is -2.20. The summed E-state index contributed by atoms with van der Waals surface area (Å²) in [4.78, 5) is 25.3. The fraction of sp³-hybridized carbons (Fsp3) is 0.233. The van der Waals surface area contributed by atoms with E-state index in [9.17, 15) is 14.9 Å². The monoisotopic (exact) mass is 575 g/mol. The predicted octanol–water partition coefficient (Wildman–Crippen LogP) is 6.64. The number of aryl methyl sites for hydroxylation is 3. The van der Waals surface area contributed by atoms with E-state index in [1.807, 2.05) is 71.0 Å². The fourth-order valence-corrected chi connectivity index (χ4v) is 4.19. The summed E-state index contributed by atoms with van der Waals surface area (Å²) >= 11 is 3.47. The molecule has 0 aliphatic heterocycles. The highest BCUT2D eigenvalue weighted by atomic mass is 79.9. The lowest BCUT2D eigenvalue weighted by molar-refractivity contribution is -0.118. The van der Waals surface area contributed by atoms with Crippen LogP contribution in [0, 0.1) is 39.0 Å². The molecule has 7 nitrogen and oxygen atoms in total. The Hall–Kier alpha value is -4.09. The summed E-state index contributed by atoms with van der Waals surface area (Å²) in [5.41, 5.74) is 6.01. The maximum atomic E-state index is 12.8. The van der Waals surface area contributed by atoms with Crippen LogP contribution in [0.5, 0.6) is 11.5 Å². The lowest BCUT2D eigenvalue weighted by atomic mass is 10.1. The highest BCUT2D eigenvalue weighted by molar-refractivity contribution is 9.10. The van der Waals surface area contributed by atoms with Crippen molar-refractivity contribution in [1.29, 1.82) is 5.26 Å². The van der Waals surface area contributed by atoms with E-state index in [1.54, 1.807) is 18.2 Å². The van der Waals surface area contributed by atoms with Crippen LogP contribution in [0.3, 0.4) is 0 Å². The Morgan fingerprint density at radius 3 is 2.42 bits per heavy atom. The average molecular weight is 576 g/mol. The van der Waals surface area contributed by atoms with E-state index in [0.717, 1.165) is 22.3 Å². The molecule has 3 aromatic carbocycles. The number of benzene rings is 3. The van der Waals surface area contributed by atoms with E-state index >= 15 is 0 Å². The number of nitriles is 1. The minimum atomic E-state index is -0.515. The molecule has 0 aliphatic rings. The number of carbonyl (C=O) groups excluding carboxylic acids is 2. The lowest BCUT2D eigenvalue weighted by Gasteiger charge is -2.15. The number of nitrogens with one attached hydrogen (secondary N) is 2. The van der Waals surface area contributed by atoms with Gasteiger partial charge in [0.2, 0.25) is 0 Å². The van der Waals surface area contributed by atoms with Gasteiger partial charge in [0.05, 0.1) is 11.1 Å². The van der Waals surface area contributed by atoms with Crippen LogP contribution < -0.4 is 20.1 Å². The highest BCUT2D eigenvalue weighted by Gasteiger charge is 2.16. The van der Waals surface area contributed by atoms with Crippen LogP contribution in [0.15, 0.2) is 58.6 Å². The van der Waals surface area contributed by atoms with Gasteiger partial charge in [-0.2, -0.15) is 5.26 Å². The number of halogens is 1. The molecule has 8 heteroatoms. The number of hydrogen-bond acceptors (Lipinski definition) is 5. The Morgan fingerprint density at radius 2 is 1.74 bits per heavy atom. The first kappa shape index (κ1) is 28.5. The van der Waals surface area contributed by atoms with Gasteiger partial charge in [0, 0.05) is 11.4 Å². The van der Waals surface area contributed by atoms with Gasteiger partial charge in [-0.05, 0) is 115 Å². The Bertz CT molecular complexity index is 1440. The molecule has 0 unspecified atom stereocenters. The molecule has 2 N–H and O–H groups in total.